The zero-order valence-electron chi connectivity index (χ0n) is 14.4. The number of rotatable bonds is 7. The van der Waals surface area contributed by atoms with Crippen LogP contribution < -0.4 is 10.1 Å². The lowest BCUT2D eigenvalue weighted by Crippen LogP contribution is -2.34. The van der Waals surface area contributed by atoms with E-state index < -0.39 is 12.0 Å². The Kier molecular flexibility index (Phi) is 7.30. The highest BCUT2D eigenvalue weighted by Crippen LogP contribution is 2.22. The highest BCUT2D eigenvalue weighted by molar-refractivity contribution is 6.31. The number of nitrogens with one attached hydrogen (secondary N) is 1. The highest BCUT2D eigenvalue weighted by atomic mass is 35.5. The Balaban J connectivity index is 2.01. The van der Waals surface area contributed by atoms with E-state index in [0.717, 1.165) is 11.1 Å². The maximum Gasteiger partial charge on any atom is 0.307 e. The number of carbonyl (C=O) groups is 2. The molecule has 1 N–H and O–H groups in total. The molecule has 138 valence electrons. The second kappa shape index (κ2) is 9.46. The number of aryl methyl sites for hydroxylation is 1. The summed E-state index contributed by atoms with van der Waals surface area (Å²) in [5.41, 5.74) is 1.60. The summed E-state index contributed by atoms with van der Waals surface area (Å²) >= 11 is 11.9. The minimum absolute atomic E-state index is 0.00389. The van der Waals surface area contributed by atoms with Crippen molar-refractivity contribution < 1.29 is 19.1 Å². The van der Waals surface area contributed by atoms with E-state index in [-0.39, 0.29) is 18.9 Å². The van der Waals surface area contributed by atoms with Crippen molar-refractivity contribution in [3.05, 3.63) is 63.6 Å². The zero-order valence-corrected chi connectivity index (χ0v) is 15.9. The first-order valence-electron chi connectivity index (χ1n) is 7.89. The van der Waals surface area contributed by atoms with Gasteiger partial charge in [0.05, 0.1) is 19.6 Å². The number of hydrogen-bond donors (Lipinski definition) is 1. The fourth-order valence-corrected chi connectivity index (χ4v) is 2.53. The summed E-state index contributed by atoms with van der Waals surface area (Å²) in [7, 11) is 1.30. The molecule has 0 aromatic heterocycles. The number of esters is 1. The molecule has 0 heterocycles. The normalized spacial score (nSPS) is 11.5. The maximum atomic E-state index is 12.2. The van der Waals surface area contributed by atoms with Crippen molar-refractivity contribution in [2.24, 2.45) is 0 Å². The molecule has 0 radical (unpaired) electrons. The van der Waals surface area contributed by atoms with Gasteiger partial charge >= 0.3 is 5.97 Å². The minimum Gasteiger partial charge on any atom is -0.484 e. The Morgan fingerprint density at radius 3 is 2.42 bits per heavy atom. The van der Waals surface area contributed by atoms with Crippen LogP contribution in [-0.2, 0) is 14.3 Å². The van der Waals surface area contributed by atoms with E-state index in [1.807, 2.05) is 6.92 Å². The summed E-state index contributed by atoms with van der Waals surface area (Å²) in [5.74, 6) is -0.251. The van der Waals surface area contributed by atoms with Crippen LogP contribution in [0.3, 0.4) is 0 Å². The summed E-state index contributed by atoms with van der Waals surface area (Å²) in [5, 5.41) is 3.98. The largest absolute Gasteiger partial charge is 0.484 e. The Labute approximate surface area is 162 Å². The van der Waals surface area contributed by atoms with Crippen molar-refractivity contribution in [2.75, 3.05) is 13.7 Å². The average Bonchev–Trinajstić information content (AvgIpc) is 2.62. The number of methoxy groups -OCH3 is 1. The standard InChI is InChI=1S/C19H19Cl2NO4/c1-12-9-15(7-8-16(12)21)26-11-18(23)22-17(10-19(24)25-2)13-3-5-14(20)6-4-13/h3-9,17H,10-11H2,1-2H3,(H,22,23). The third kappa shape index (κ3) is 5.93. The number of amides is 1. The maximum absolute atomic E-state index is 12.2. The predicted molar refractivity (Wildman–Crippen MR) is 101 cm³/mol. The molecule has 1 amide bonds. The fourth-order valence-electron chi connectivity index (χ4n) is 2.29. The first kappa shape index (κ1) is 20.1. The molecule has 7 heteroatoms. The molecule has 0 fully saturated rings. The van der Waals surface area contributed by atoms with Crippen molar-refractivity contribution in [1.29, 1.82) is 0 Å². The SMILES string of the molecule is COC(=O)CC(NC(=O)COc1ccc(Cl)c(C)c1)c1ccc(Cl)cc1. The van der Waals surface area contributed by atoms with E-state index >= 15 is 0 Å². The molecule has 1 unspecified atom stereocenters. The van der Waals surface area contributed by atoms with Gasteiger partial charge in [-0.1, -0.05) is 35.3 Å². The van der Waals surface area contributed by atoms with E-state index in [9.17, 15) is 9.59 Å². The minimum atomic E-state index is -0.539. The van der Waals surface area contributed by atoms with Crippen LogP contribution in [-0.4, -0.2) is 25.6 Å². The Bertz CT molecular complexity index is 778. The van der Waals surface area contributed by atoms with Crippen LogP contribution in [0.1, 0.15) is 23.6 Å². The quantitative estimate of drug-likeness (QED) is 0.716. The molecule has 0 spiro atoms. The molecule has 2 aromatic rings. The number of benzene rings is 2. The van der Waals surface area contributed by atoms with Crippen molar-refractivity contribution in [2.45, 2.75) is 19.4 Å². The summed E-state index contributed by atoms with van der Waals surface area (Å²) in [6.07, 6.45) is 0.00389. The van der Waals surface area contributed by atoms with E-state index in [0.29, 0.717) is 15.8 Å². The Morgan fingerprint density at radius 2 is 1.81 bits per heavy atom. The van der Waals surface area contributed by atoms with Gasteiger partial charge < -0.3 is 14.8 Å². The van der Waals surface area contributed by atoms with E-state index in [1.54, 1.807) is 42.5 Å². The van der Waals surface area contributed by atoms with Gasteiger partial charge in [0.25, 0.3) is 5.91 Å². The molecule has 0 aliphatic rings. The number of carbonyl (C=O) groups excluding carboxylic acids is 2. The molecule has 0 saturated carbocycles. The molecule has 1 atom stereocenters. The van der Waals surface area contributed by atoms with Gasteiger partial charge in [0.15, 0.2) is 6.61 Å². The average molecular weight is 396 g/mol. The first-order valence-corrected chi connectivity index (χ1v) is 8.65. The monoisotopic (exact) mass is 395 g/mol. The number of ether oxygens (including phenoxy) is 2. The summed E-state index contributed by atoms with van der Waals surface area (Å²) in [4.78, 5) is 23.9. The first-order chi connectivity index (χ1) is 12.4. The smallest absolute Gasteiger partial charge is 0.307 e. The van der Waals surface area contributed by atoms with Crippen molar-refractivity contribution in [1.82, 2.24) is 5.32 Å². The molecule has 0 aliphatic carbocycles. The van der Waals surface area contributed by atoms with Gasteiger partial charge in [-0.2, -0.15) is 0 Å². The van der Waals surface area contributed by atoms with Crippen molar-refractivity contribution >= 4 is 35.1 Å². The van der Waals surface area contributed by atoms with Crippen LogP contribution in [0.4, 0.5) is 0 Å². The van der Waals surface area contributed by atoms with Gasteiger partial charge in [-0.05, 0) is 48.4 Å². The third-order valence-corrected chi connectivity index (χ3v) is 4.38. The molecule has 5 nitrogen and oxygen atoms in total. The number of halogens is 2. The van der Waals surface area contributed by atoms with Crippen LogP contribution in [0, 0.1) is 6.92 Å². The van der Waals surface area contributed by atoms with Crippen molar-refractivity contribution in [3.8, 4) is 5.75 Å². The van der Waals surface area contributed by atoms with Crippen molar-refractivity contribution in [3.63, 3.8) is 0 Å². The van der Waals surface area contributed by atoms with Gasteiger partial charge in [0.2, 0.25) is 0 Å². The van der Waals surface area contributed by atoms with E-state index in [1.165, 1.54) is 7.11 Å². The van der Waals surface area contributed by atoms with E-state index in [4.69, 9.17) is 32.7 Å². The number of hydrogen-bond acceptors (Lipinski definition) is 4. The molecule has 0 bridgehead atoms. The zero-order chi connectivity index (χ0) is 19.1. The summed E-state index contributed by atoms with van der Waals surface area (Å²) in [6, 6.07) is 11.5. The lowest BCUT2D eigenvalue weighted by Gasteiger charge is -2.18. The molecule has 0 saturated heterocycles. The third-order valence-electron chi connectivity index (χ3n) is 3.71. The predicted octanol–water partition coefficient (Wildman–Crippen LogP) is 4.10. The molecule has 2 rings (SSSR count). The van der Waals surface area contributed by atoms with Gasteiger partial charge in [0.1, 0.15) is 5.75 Å². The molecular weight excluding hydrogens is 377 g/mol. The van der Waals surface area contributed by atoms with Crippen LogP contribution >= 0.6 is 23.2 Å². The van der Waals surface area contributed by atoms with Gasteiger partial charge in [-0.25, -0.2) is 0 Å². The second-order valence-corrected chi connectivity index (χ2v) is 6.50. The van der Waals surface area contributed by atoms with Gasteiger partial charge in [-0.3, -0.25) is 9.59 Å². The summed E-state index contributed by atoms with van der Waals surface area (Å²) < 4.78 is 10.2. The lowest BCUT2D eigenvalue weighted by molar-refractivity contribution is -0.141. The summed E-state index contributed by atoms with van der Waals surface area (Å²) in [6.45, 7) is 1.66. The molecular formula is C19H19Cl2NO4. The van der Waals surface area contributed by atoms with Crippen LogP contribution in [0.25, 0.3) is 0 Å². The molecule has 0 aliphatic heterocycles. The van der Waals surface area contributed by atoms with Crippen LogP contribution in [0.15, 0.2) is 42.5 Å². The molecule has 2 aromatic carbocycles. The van der Waals surface area contributed by atoms with E-state index in [2.05, 4.69) is 5.32 Å². The lowest BCUT2D eigenvalue weighted by atomic mass is 10.0. The highest BCUT2D eigenvalue weighted by Gasteiger charge is 2.19. The van der Waals surface area contributed by atoms with Gasteiger partial charge in [0, 0.05) is 10.0 Å². The molecule has 26 heavy (non-hydrogen) atoms. The van der Waals surface area contributed by atoms with Gasteiger partial charge in [-0.15, -0.1) is 0 Å². The fraction of sp³-hybridized carbons (Fsp3) is 0.263. The second-order valence-electron chi connectivity index (χ2n) is 5.65. The van der Waals surface area contributed by atoms with Crippen LogP contribution in [0.5, 0.6) is 5.75 Å². The Morgan fingerprint density at radius 1 is 1.12 bits per heavy atom. The topological polar surface area (TPSA) is 64.6 Å². The Hall–Kier alpha value is -2.24. The van der Waals surface area contributed by atoms with Crippen LogP contribution in [0.2, 0.25) is 10.0 Å².